The number of nitrogens with zero attached hydrogens (tertiary/aromatic N) is 2. The third kappa shape index (κ3) is 3.09. The molecule has 6 heteroatoms. The summed E-state index contributed by atoms with van der Waals surface area (Å²) in [5, 5.41) is 20.1. The molecule has 0 aliphatic rings. The van der Waals surface area contributed by atoms with Crippen LogP contribution in [0.25, 0.3) is 0 Å². The molecule has 1 aromatic rings. The number of aromatic nitrogens is 2. The molecule has 0 radical (unpaired) electrons. The van der Waals surface area contributed by atoms with Crippen LogP contribution in [0, 0.1) is 0 Å². The number of aromatic carboxylic acids is 1. The summed E-state index contributed by atoms with van der Waals surface area (Å²) in [5.41, 5.74) is 0.181. The van der Waals surface area contributed by atoms with Gasteiger partial charge in [-0.25, -0.2) is 4.79 Å². The Labute approximate surface area is 92.3 Å². The Bertz CT molecular complexity index is 368. The third-order valence-corrected chi connectivity index (χ3v) is 2.31. The van der Waals surface area contributed by atoms with Crippen molar-refractivity contribution >= 4 is 23.5 Å². The number of rotatable bonds is 4. The van der Waals surface area contributed by atoms with Crippen molar-refractivity contribution in [3.05, 3.63) is 11.6 Å². The Hall–Kier alpha value is -1.30. The number of hydrogen-bond acceptors (Lipinski definition) is 5. The van der Waals surface area contributed by atoms with Crippen LogP contribution in [-0.4, -0.2) is 33.6 Å². The van der Waals surface area contributed by atoms with Gasteiger partial charge in [0, 0.05) is 6.04 Å². The van der Waals surface area contributed by atoms with Crippen molar-refractivity contribution in [2.45, 2.75) is 24.9 Å². The second-order valence-electron chi connectivity index (χ2n) is 3.26. The molecule has 2 N–H and O–H groups in total. The van der Waals surface area contributed by atoms with Gasteiger partial charge in [-0.1, -0.05) is 0 Å². The number of carbonyl (C=O) groups is 1. The number of hydrogen-bond donors (Lipinski definition) is 2. The summed E-state index contributed by atoms with van der Waals surface area (Å²) in [6, 6.07) is 1.70. The number of carboxylic acids is 1. The summed E-state index contributed by atoms with van der Waals surface area (Å²) < 4.78 is 0. The van der Waals surface area contributed by atoms with Gasteiger partial charge >= 0.3 is 5.97 Å². The number of anilines is 1. The zero-order valence-electron chi connectivity index (χ0n) is 8.81. The first-order valence-electron chi connectivity index (χ1n) is 4.46. The van der Waals surface area contributed by atoms with Crippen LogP contribution in [-0.2, 0) is 0 Å². The fourth-order valence-corrected chi connectivity index (χ4v) is 1.54. The molecule has 0 aliphatic heterocycles. The van der Waals surface area contributed by atoms with Crippen LogP contribution in [0.2, 0.25) is 0 Å². The summed E-state index contributed by atoms with van der Waals surface area (Å²) in [7, 11) is 0. The summed E-state index contributed by atoms with van der Waals surface area (Å²) >= 11 is 1.27. The highest BCUT2D eigenvalue weighted by atomic mass is 32.2. The summed E-state index contributed by atoms with van der Waals surface area (Å²) in [6.07, 6.45) is 1.77. The van der Waals surface area contributed by atoms with Crippen LogP contribution in [0.3, 0.4) is 0 Å². The van der Waals surface area contributed by atoms with E-state index in [1.165, 1.54) is 17.8 Å². The Morgan fingerprint density at radius 3 is 2.67 bits per heavy atom. The van der Waals surface area contributed by atoms with E-state index in [9.17, 15) is 4.79 Å². The average Bonchev–Trinajstić information content (AvgIpc) is 2.16. The maximum Gasteiger partial charge on any atom is 0.338 e. The predicted octanol–water partition coefficient (Wildman–Crippen LogP) is 1.72. The first-order chi connectivity index (χ1) is 7.04. The van der Waals surface area contributed by atoms with Crippen LogP contribution in [0.5, 0.6) is 0 Å². The molecule has 0 amide bonds. The van der Waals surface area contributed by atoms with E-state index in [0.717, 1.165) is 0 Å². The second-order valence-corrected chi connectivity index (χ2v) is 4.05. The maximum atomic E-state index is 10.9. The van der Waals surface area contributed by atoms with E-state index >= 15 is 0 Å². The van der Waals surface area contributed by atoms with E-state index in [-0.39, 0.29) is 11.6 Å². The monoisotopic (exact) mass is 227 g/mol. The molecule has 15 heavy (non-hydrogen) atoms. The van der Waals surface area contributed by atoms with Gasteiger partial charge in [0.25, 0.3) is 0 Å². The fourth-order valence-electron chi connectivity index (χ4n) is 1.05. The van der Waals surface area contributed by atoms with Crippen molar-refractivity contribution in [2.75, 3.05) is 11.6 Å². The zero-order chi connectivity index (χ0) is 11.4. The normalized spacial score (nSPS) is 10.4. The minimum absolute atomic E-state index is 0.181. The molecule has 0 atom stereocenters. The van der Waals surface area contributed by atoms with Gasteiger partial charge < -0.3 is 10.4 Å². The van der Waals surface area contributed by atoms with Crippen LogP contribution >= 0.6 is 11.8 Å². The quantitative estimate of drug-likeness (QED) is 0.763. The topological polar surface area (TPSA) is 75.1 Å². The summed E-state index contributed by atoms with van der Waals surface area (Å²) in [5.74, 6) is -0.499. The fraction of sp³-hybridized carbons (Fsp3) is 0.444. The molecular weight excluding hydrogens is 214 g/mol. The largest absolute Gasteiger partial charge is 0.478 e. The molecule has 0 saturated heterocycles. The lowest BCUT2D eigenvalue weighted by Gasteiger charge is -2.09. The Morgan fingerprint density at radius 1 is 1.53 bits per heavy atom. The molecule has 0 spiro atoms. The maximum absolute atomic E-state index is 10.9. The van der Waals surface area contributed by atoms with Crippen LogP contribution in [0.1, 0.15) is 24.2 Å². The van der Waals surface area contributed by atoms with Crippen molar-refractivity contribution < 1.29 is 9.90 Å². The van der Waals surface area contributed by atoms with E-state index in [2.05, 4.69) is 15.5 Å². The molecule has 82 valence electrons. The van der Waals surface area contributed by atoms with Gasteiger partial charge in [0.1, 0.15) is 10.8 Å². The SMILES string of the molecule is CSc1nnc(NC(C)C)cc1C(=O)O. The first kappa shape index (κ1) is 11.8. The van der Waals surface area contributed by atoms with Gasteiger partial charge in [0.15, 0.2) is 0 Å². The molecule has 0 bridgehead atoms. The van der Waals surface area contributed by atoms with E-state index in [4.69, 9.17) is 5.11 Å². The van der Waals surface area contributed by atoms with Gasteiger partial charge in [0.05, 0.1) is 5.56 Å². The van der Waals surface area contributed by atoms with E-state index in [1.807, 2.05) is 13.8 Å². The summed E-state index contributed by atoms with van der Waals surface area (Å²) in [6.45, 7) is 3.90. The van der Waals surface area contributed by atoms with E-state index in [0.29, 0.717) is 10.8 Å². The lowest BCUT2D eigenvalue weighted by molar-refractivity contribution is 0.0692. The molecule has 0 saturated carbocycles. The second kappa shape index (κ2) is 4.97. The molecule has 0 aromatic carbocycles. The van der Waals surface area contributed by atoms with Crippen LogP contribution < -0.4 is 5.32 Å². The summed E-state index contributed by atoms with van der Waals surface area (Å²) in [4.78, 5) is 10.9. The Morgan fingerprint density at radius 2 is 2.20 bits per heavy atom. The van der Waals surface area contributed by atoms with Gasteiger partial charge in [-0.15, -0.1) is 22.0 Å². The van der Waals surface area contributed by atoms with Crippen molar-refractivity contribution in [1.82, 2.24) is 10.2 Å². The highest BCUT2D eigenvalue weighted by molar-refractivity contribution is 7.98. The molecule has 1 aromatic heterocycles. The van der Waals surface area contributed by atoms with E-state index in [1.54, 1.807) is 6.26 Å². The van der Waals surface area contributed by atoms with Crippen LogP contribution in [0.4, 0.5) is 5.82 Å². The van der Waals surface area contributed by atoms with Crippen molar-refractivity contribution in [3.63, 3.8) is 0 Å². The predicted molar refractivity (Wildman–Crippen MR) is 59.5 cm³/mol. The minimum atomic E-state index is -0.985. The van der Waals surface area contributed by atoms with E-state index < -0.39 is 5.97 Å². The highest BCUT2D eigenvalue weighted by Gasteiger charge is 2.13. The van der Waals surface area contributed by atoms with Gasteiger partial charge in [0.2, 0.25) is 0 Å². The smallest absolute Gasteiger partial charge is 0.338 e. The number of thioether (sulfide) groups is 1. The number of nitrogens with one attached hydrogen (secondary N) is 1. The molecule has 0 aliphatic carbocycles. The van der Waals surface area contributed by atoms with Gasteiger partial charge in [-0.3, -0.25) is 0 Å². The molecule has 0 unspecified atom stereocenters. The van der Waals surface area contributed by atoms with Crippen molar-refractivity contribution in [3.8, 4) is 0 Å². The minimum Gasteiger partial charge on any atom is -0.478 e. The molecule has 1 heterocycles. The lowest BCUT2D eigenvalue weighted by Crippen LogP contribution is -2.13. The average molecular weight is 227 g/mol. The third-order valence-electron chi connectivity index (χ3n) is 1.62. The first-order valence-corrected chi connectivity index (χ1v) is 5.68. The molecule has 0 fully saturated rings. The number of carboxylic acid groups (broad SMARTS) is 1. The molecular formula is C9H13N3O2S. The van der Waals surface area contributed by atoms with Crippen molar-refractivity contribution in [1.29, 1.82) is 0 Å². The molecule has 5 nitrogen and oxygen atoms in total. The van der Waals surface area contributed by atoms with Crippen LogP contribution in [0.15, 0.2) is 11.1 Å². The lowest BCUT2D eigenvalue weighted by atomic mass is 10.3. The van der Waals surface area contributed by atoms with Gasteiger partial charge in [-0.2, -0.15) is 0 Å². The zero-order valence-corrected chi connectivity index (χ0v) is 9.63. The van der Waals surface area contributed by atoms with Gasteiger partial charge in [-0.05, 0) is 26.2 Å². The Kier molecular flexibility index (Phi) is 3.90. The molecule has 1 rings (SSSR count). The Balaban J connectivity index is 3.05. The highest BCUT2D eigenvalue weighted by Crippen LogP contribution is 2.19. The van der Waals surface area contributed by atoms with Crippen molar-refractivity contribution in [2.24, 2.45) is 0 Å². The standard InChI is InChI=1S/C9H13N3O2S/c1-5(2)10-7-4-6(9(13)14)8(15-3)12-11-7/h4-5H,1-3H3,(H,10,11)(H,13,14).